The molecule has 1 N–H and O–H groups in total. The van der Waals surface area contributed by atoms with Gasteiger partial charge in [0.1, 0.15) is 5.82 Å². The number of hydrogen-bond acceptors (Lipinski definition) is 2. The Morgan fingerprint density at radius 3 is 3.00 bits per heavy atom. The summed E-state index contributed by atoms with van der Waals surface area (Å²) in [5, 5.41) is 0. The van der Waals surface area contributed by atoms with Crippen LogP contribution in [0.15, 0.2) is 22.2 Å². The molecule has 0 radical (unpaired) electrons. The molecule has 0 aliphatic carbocycles. The van der Waals surface area contributed by atoms with Crippen molar-refractivity contribution in [3.05, 3.63) is 17.8 Å². The molecule has 3 heteroatoms. The first-order valence-corrected chi connectivity index (χ1v) is 3.46. The van der Waals surface area contributed by atoms with Gasteiger partial charge in [-0.25, -0.2) is 4.99 Å². The largest absolute Gasteiger partial charge is 0.346 e. The zero-order valence-electron chi connectivity index (χ0n) is 6.70. The van der Waals surface area contributed by atoms with Gasteiger partial charge in [0.25, 0.3) is 0 Å². The highest BCUT2D eigenvalue weighted by molar-refractivity contribution is 5.86. The minimum atomic E-state index is 0.859. The van der Waals surface area contributed by atoms with Crippen molar-refractivity contribution >= 4 is 18.2 Å². The summed E-state index contributed by atoms with van der Waals surface area (Å²) in [6, 6.07) is 1.94. The molecular formula is C8H11N3. The van der Waals surface area contributed by atoms with Gasteiger partial charge < -0.3 is 4.98 Å². The van der Waals surface area contributed by atoms with Crippen molar-refractivity contribution in [3.8, 4) is 0 Å². The van der Waals surface area contributed by atoms with Crippen LogP contribution in [0.5, 0.6) is 0 Å². The van der Waals surface area contributed by atoms with Crippen LogP contribution in [0.2, 0.25) is 0 Å². The second-order valence-corrected chi connectivity index (χ2v) is 2.06. The molecule has 1 aromatic rings. The SMILES string of the molecule is C/C=N\c1[nH]ccc1/C=N\C. The average molecular weight is 149 g/mol. The van der Waals surface area contributed by atoms with E-state index in [-0.39, 0.29) is 0 Å². The fraction of sp³-hybridized carbons (Fsp3) is 0.250. The summed E-state index contributed by atoms with van der Waals surface area (Å²) in [5.41, 5.74) is 1.02. The summed E-state index contributed by atoms with van der Waals surface area (Å²) in [7, 11) is 1.74. The summed E-state index contributed by atoms with van der Waals surface area (Å²) in [5.74, 6) is 0.859. The number of aromatic amines is 1. The van der Waals surface area contributed by atoms with Gasteiger partial charge in [-0.15, -0.1) is 0 Å². The molecule has 1 aromatic heterocycles. The quantitative estimate of drug-likeness (QED) is 0.623. The van der Waals surface area contributed by atoms with E-state index in [1.165, 1.54) is 0 Å². The molecule has 0 unspecified atom stereocenters. The van der Waals surface area contributed by atoms with Gasteiger partial charge in [0.15, 0.2) is 0 Å². The van der Waals surface area contributed by atoms with Gasteiger partial charge in [-0.05, 0) is 13.0 Å². The van der Waals surface area contributed by atoms with Crippen LogP contribution in [-0.2, 0) is 0 Å². The van der Waals surface area contributed by atoms with Crippen LogP contribution in [-0.4, -0.2) is 24.5 Å². The highest BCUT2D eigenvalue weighted by atomic mass is 14.9. The predicted octanol–water partition coefficient (Wildman–Crippen LogP) is 1.79. The topological polar surface area (TPSA) is 40.5 Å². The van der Waals surface area contributed by atoms with Crippen molar-refractivity contribution in [2.24, 2.45) is 9.98 Å². The Morgan fingerprint density at radius 2 is 2.36 bits per heavy atom. The highest BCUT2D eigenvalue weighted by Crippen LogP contribution is 2.12. The van der Waals surface area contributed by atoms with E-state index in [0.29, 0.717) is 0 Å². The van der Waals surface area contributed by atoms with Crippen molar-refractivity contribution in [1.29, 1.82) is 0 Å². The molecule has 1 heterocycles. The second-order valence-electron chi connectivity index (χ2n) is 2.06. The zero-order chi connectivity index (χ0) is 8.10. The maximum Gasteiger partial charge on any atom is 0.138 e. The van der Waals surface area contributed by atoms with Gasteiger partial charge >= 0.3 is 0 Å². The third kappa shape index (κ3) is 1.77. The van der Waals surface area contributed by atoms with Gasteiger partial charge in [0, 0.05) is 31.2 Å². The van der Waals surface area contributed by atoms with E-state index in [0.717, 1.165) is 11.4 Å². The fourth-order valence-corrected chi connectivity index (χ4v) is 0.857. The Bertz CT molecular complexity index is 244. The molecule has 0 aromatic carbocycles. The van der Waals surface area contributed by atoms with E-state index in [1.807, 2.05) is 19.2 Å². The van der Waals surface area contributed by atoms with Crippen molar-refractivity contribution in [2.75, 3.05) is 7.05 Å². The van der Waals surface area contributed by atoms with Crippen LogP contribution in [0, 0.1) is 0 Å². The molecule has 0 fully saturated rings. The standard InChI is InChI=1S/C8H11N3/c1-3-10-8-7(6-9-2)4-5-11-8/h3-6,11H,1-2H3/b9-6-,10-3-. The van der Waals surface area contributed by atoms with Crippen LogP contribution in [0.25, 0.3) is 0 Å². The van der Waals surface area contributed by atoms with E-state index in [9.17, 15) is 0 Å². The van der Waals surface area contributed by atoms with Crippen molar-refractivity contribution in [3.63, 3.8) is 0 Å². The second kappa shape index (κ2) is 3.71. The number of nitrogens with zero attached hydrogens (tertiary/aromatic N) is 2. The highest BCUT2D eigenvalue weighted by Gasteiger charge is 1.95. The van der Waals surface area contributed by atoms with Gasteiger partial charge in [-0.2, -0.15) is 0 Å². The third-order valence-corrected chi connectivity index (χ3v) is 1.28. The van der Waals surface area contributed by atoms with Gasteiger partial charge in [0.05, 0.1) is 0 Å². The summed E-state index contributed by atoms with van der Waals surface area (Å²) in [6.07, 6.45) is 5.37. The van der Waals surface area contributed by atoms with Crippen molar-refractivity contribution in [1.82, 2.24) is 4.98 Å². The molecule has 0 aliphatic heterocycles. The summed E-state index contributed by atoms with van der Waals surface area (Å²) < 4.78 is 0. The van der Waals surface area contributed by atoms with E-state index >= 15 is 0 Å². The number of aromatic nitrogens is 1. The molecule has 0 bridgehead atoms. The smallest absolute Gasteiger partial charge is 0.138 e. The normalized spacial score (nSPS) is 11.8. The Kier molecular flexibility index (Phi) is 2.60. The molecule has 11 heavy (non-hydrogen) atoms. The first kappa shape index (κ1) is 7.72. The maximum atomic E-state index is 4.11. The third-order valence-electron chi connectivity index (χ3n) is 1.28. The minimum absolute atomic E-state index is 0.859. The summed E-state index contributed by atoms with van der Waals surface area (Å²) in [4.78, 5) is 11.0. The Balaban J connectivity index is 2.95. The fourth-order valence-electron chi connectivity index (χ4n) is 0.857. The van der Waals surface area contributed by atoms with Crippen LogP contribution < -0.4 is 0 Å². The van der Waals surface area contributed by atoms with Crippen LogP contribution in [0.3, 0.4) is 0 Å². The number of H-pyrrole nitrogens is 1. The first-order valence-electron chi connectivity index (χ1n) is 3.46. The van der Waals surface area contributed by atoms with Crippen LogP contribution >= 0.6 is 0 Å². The predicted molar refractivity (Wildman–Crippen MR) is 48.1 cm³/mol. The van der Waals surface area contributed by atoms with Crippen molar-refractivity contribution in [2.45, 2.75) is 6.92 Å². The van der Waals surface area contributed by atoms with Crippen LogP contribution in [0.4, 0.5) is 5.82 Å². The molecule has 0 spiro atoms. The van der Waals surface area contributed by atoms with Gasteiger partial charge in [0.2, 0.25) is 0 Å². The van der Waals surface area contributed by atoms with Crippen LogP contribution in [0.1, 0.15) is 12.5 Å². The first-order chi connectivity index (χ1) is 5.38. The zero-order valence-corrected chi connectivity index (χ0v) is 6.70. The lowest BCUT2D eigenvalue weighted by Crippen LogP contribution is -1.76. The number of hydrogen-bond donors (Lipinski definition) is 1. The monoisotopic (exact) mass is 149 g/mol. The molecule has 1 rings (SSSR count). The van der Waals surface area contributed by atoms with E-state index in [1.54, 1.807) is 19.5 Å². The molecular weight excluding hydrogens is 138 g/mol. The van der Waals surface area contributed by atoms with Gasteiger partial charge in [-0.3, -0.25) is 4.99 Å². The lowest BCUT2D eigenvalue weighted by atomic mass is 10.3. The number of aliphatic imine (C=N–C) groups is 2. The Labute approximate surface area is 65.9 Å². The lowest BCUT2D eigenvalue weighted by Gasteiger charge is -1.88. The molecule has 0 amide bonds. The lowest BCUT2D eigenvalue weighted by molar-refractivity contribution is 1.34. The minimum Gasteiger partial charge on any atom is -0.346 e. The van der Waals surface area contributed by atoms with E-state index < -0.39 is 0 Å². The molecule has 58 valence electrons. The van der Waals surface area contributed by atoms with E-state index in [4.69, 9.17) is 0 Å². The molecule has 0 saturated carbocycles. The maximum absolute atomic E-state index is 4.11. The molecule has 0 atom stereocenters. The van der Waals surface area contributed by atoms with Gasteiger partial charge in [-0.1, -0.05) is 0 Å². The average Bonchev–Trinajstić information content (AvgIpc) is 2.39. The summed E-state index contributed by atoms with van der Waals surface area (Å²) >= 11 is 0. The number of nitrogens with one attached hydrogen (secondary N) is 1. The van der Waals surface area contributed by atoms with Crippen molar-refractivity contribution < 1.29 is 0 Å². The van der Waals surface area contributed by atoms with E-state index in [2.05, 4.69) is 15.0 Å². The molecule has 0 aliphatic rings. The Hall–Kier alpha value is -1.38. The summed E-state index contributed by atoms with van der Waals surface area (Å²) in [6.45, 7) is 1.88. The Morgan fingerprint density at radius 1 is 1.55 bits per heavy atom. The molecule has 0 saturated heterocycles. The molecule has 3 nitrogen and oxygen atoms in total. The number of rotatable bonds is 2.